The van der Waals surface area contributed by atoms with Gasteiger partial charge >= 0.3 is 11.8 Å². The maximum absolute atomic E-state index is 14.0. The van der Waals surface area contributed by atoms with Crippen molar-refractivity contribution in [2.45, 2.75) is 13.1 Å². The number of hydrogen-bond acceptors (Lipinski definition) is 4. The average molecular weight is 431 g/mol. The number of fused-ring (bicyclic) bond motifs is 1. The normalized spacial score (nSPS) is 11.6. The summed E-state index contributed by atoms with van der Waals surface area (Å²) in [5.41, 5.74) is -2.33. The maximum Gasteiger partial charge on any atom is 0.434 e. The van der Waals surface area contributed by atoms with Gasteiger partial charge in [0.2, 0.25) is 0 Å². The highest BCUT2D eigenvalue weighted by Gasteiger charge is 2.41. The molecule has 0 saturated heterocycles. The van der Waals surface area contributed by atoms with Crippen LogP contribution in [0.1, 0.15) is 21.6 Å². The second kappa shape index (κ2) is 7.38. The molecule has 2 aromatic heterocycles. The first kappa shape index (κ1) is 20.3. The molecule has 0 aliphatic heterocycles. The maximum atomic E-state index is 14.0. The predicted octanol–water partition coefficient (Wildman–Crippen LogP) is 4.70. The molecule has 10 heteroatoms. The molecule has 2 heterocycles. The molecule has 0 radical (unpaired) electrons. The fourth-order valence-corrected chi connectivity index (χ4v) is 3.19. The Bertz CT molecular complexity index is 1370. The van der Waals surface area contributed by atoms with Crippen molar-refractivity contribution >= 4 is 22.6 Å². The smallest absolute Gasteiger partial charge is 0.423 e. The molecule has 158 valence electrons. The number of amides is 1. The topological polar surface area (TPSA) is 77.1 Å². The Morgan fingerprint density at radius 3 is 2.58 bits per heavy atom. The van der Waals surface area contributed by atoms with Crippen LogP contribution in [0.4, 0.5) is 23.2 Å². The summed E-state index contributed by atoms with van der Waals surface area (Å²) in [4.78, 5) is 24.2. The summed E-state index contributed by atoms with van der Waals surface area (Å²) in [6.07, 6.45) is -4.27. The standard InChI is InChI=1S/C21H13F4N3O3/c1-11-8-18(29)31-17-9-12(6-7-13(11)17)27-20(30)14-10-26-28(19(14)21(23,24)25)16-5-3-2-4-15(16)22/h2-10H,1H3,(H,27,30). The number of nitrogens with one attached hydrogen (secondary N) is 1. The van der Waals surface area contributed by atoms with E-state index >= 15 is 0 Å². The third kappa shape index (κ3) is 3.79. The van der Waals surface area contributed by atoms with Crippen molar-refractivity contribution in [3.05, 3.63) is 87.8 Å². The summed E-state index contributed by atoms with van der Waals surface area (Å²) in [5, 5.41) is 6.53. The van der Waals surface area contributed by atoms with E-state index in [1.54, 1.807) is 13.0 Å². The van der Waals surface area contributed by atoms with Crippen LogP contribution >= 0.6 is 0 Å². The van der Waals surface area contributed by atoms with Crippen molar-refractivity contribution in [1.82, 2.24) is 9.78 Å². The molecule has 1 amide bonds. The summed E-state index contributed by atoms with van der Waals surface area (Å²) < 4.78 is 60.7. The molecule has 31 heavy (non-hydrogen) atoms. The minimum atomic E-state index is -4.99. The fraction of sp³-hybridized carbons (Fsp3) is 0.0952. The minimum absolute atomic E-state index is 0.109. The monoisotopic (exact) mass is 431 g/mol. The molecule has 0 atom stereocenters. The van der Waals surface area contributed by atoms with Gasteiger partial charge in [0.1, 0.15) is 17.1 Å². The lowest BCUT2D eigenvalue weighted by molar-refractivity contribution is -0.143. The second-order valence-electron chi connectivity index (χ2n) is 6.68. The Hall–Kier alpha value is -3.95. The zero-order valence-corrected chi connectivity index (χ0v) is 15.8. The van der Waals surface area contributed by atoms with E-state index in [4.69, 9.17) is 4.42 Å². The first-order valence-corrected chi connectivity index (χ1v) is 8.91. The molecule has 0 fully saturated rings. The highest BCUT2D eigenvalue weighted by atomic mass is 19.4. The molecular formula is C21H13F4N3O3. The Morgan fingerprint density at radius 1 is 1.13 bits per heavy atom. The first-order valence-electron chi connectivity index (χ1n) is 8.91. The number of benzene rings is 2. The quantitative estimate of drug-likeness (QED) is 0.377. The van der Waals surface area contributed by atoms with Gasteiger partial charge in [-0.05, 0) is 36.8 Å². The summed E-state index contributed by atoms with van der Waals surface area (Å²) in [7, 11) is 0. The van der Waals surface area contributed by atoms with Gasteiger partial charge < -0.3 is 9.73 Å². The average Bonchev–Trinajstić information content (AvgIpc) is 3.13. The van der Waals surface area contributed by atoms with E-state index in [9.17, 15) is 27.2 Å². The molecule has 4 rings (SSSR count). The van der Waals surface area contributed by atoms with Crippen LogP contribution in [0.3, 0.4) is 0 Å². The van der Waals surface area contributed by atoms with E-state index in [1.165, 1.54) is 30.3 Å². The van der Waals surface area contributed by atoms with Crippen molar-refractivity contribution in [3.63, 3.8) is 0 Å². The Balaban J connectivity index is 1.75. The number of alkyl halides is 3. The fourth-order valence-electron chi connectivity index (χ4n) is 3.19. The van der Waals surface area contributed by atoms with Gasteiger partial charge in [-0.2, -0.15) is 18.3 Å². The van der Waals surface area contributed by atoms with Gasteiger partial charge in [0, 0.05) is 23.2 Å². The van der Waals surface area contributed by atoms with E-state index in [-0.39, 0.29) is 11.3 Å². The molecule has 0 aliphatic rings. The number of anilines is 1. The number of carbonyl (C=O) groups excluding carboxylic acids is 1. The third-order valence-corrected chi connectivity index (χ3v) is 4.57. The Morgan fingerprint density at radius 2 is 1.87 bits per heavy atom. The van der Waals surface area contributed by atoms with Crippen molar-refractivity contribution in [2.24, 2.45) is 0 Å². The first-order chi connectivity index (χ1) is 14.6. The second-order valence-corrected chi connectivity index (χ2v) is 6.68. The van der Waals surface area contributed by atoms with E-state index in [2.05, 4.69) is 10.4 Å². The summed E-state index contributed by atoms with van der Waals surface area (Å²) in [6.45, 7) is 1.70. The van der Waals surface area contributed by atoms with Gasteiger partial charge in [-0.15, -0.1) is 0 Å². The lowest BCUT2D eigenvalue weighted by Crippen LogP contribution is -2.21. The van der Waals surface area contributed by atoms with Gasteiger partial charge in [-0.25, -0.2) is 13.9 Å². The zero-order valence-electron chi connectivity index (χ0n) is 15.8. The number of aryl methyl sites for hydroxylation is 1. The lowest BCUT2D eigenvalue weighted by atomic mass is 10.1. The molecule has 0 unspecified atom stereocenters. The number of halogens is 4. The summed E-state index contributed by atoms with van der Waals surface area (Å²) in [5.74, 6) is -2.03. The van der Waals surface area contributed by atoms with E-state index < -0.39 is 40.5 Å². The van der Waals surface area contributed by atoms with Crippen LogP contribution < -0.4 is 10.9 Å². The SMILES string of the molecule is Cc1cc(=O)oc2cc(NC(=O)c3cnn(-c4ccccc4F)c3C(F)(F)F)ccc12. The van der Waals surface area contributed by atoms with Crippen LogP contribution in [0, 0.1) is 12.7 Å². The molecular weight excluding hydrogens is 418 g/mol. The van der Waals surface area contributed by atoms with Crippen LogP contribution in [0.25, 0.3) is 16.7 Å². The van der Waals surface area contributed by atoms with E-state index in [1.807, 2.05) is 0 Å². The van der Waals surface area contributed by atoms with Crippen molar-refractivity contribution in [1.29, 1.82) is 0 Å². The molecule has 0 bridgehead atoms. The molecule has 0 spiro atoms. The third-order valence-electron chi connectivity index (χ3n) is 4.57. The number of aromatic nitrogens is 2. The van der Waals surface area contributed by atoms with Crippen LogP contribution in [0.2, 0.25) is 0 Å². The van der Waals surface area contributed by atoms with Gasteiger partial charge in [0.15, 0.2) is 5.69 Å². The van der Waals surface area contributed by atoms with Crippen LogP contribution in [-0.2, 0) is 6.18 Å². The van der Waals surface area contributed by atoms with Crippen molar-refractivity contribution < 1.29 is 26.8 Å². The van der Waals surface area contributed by atoms with Crippen molar-refractivity contribution in [3.8, 4) is 5.69 Å². The molecule has 0 aliphatic carbocycles. The Labute approximate surface area is 171 Å². The van der Waals surface area contributed by atoms with Gasteiger partial charge in [0.05, 0.1) is 11.8 Å². The molecule has 4 aromatic rings. The number of carbonyl (C=O) groups is 1. The number of nitrogens with zero attached hydrogens (tertiary/aromatic N) is 2. The largest absolute Gasteiger partial charge is 0.434 e. The predicted molar refractivity (Wildman–Crippen MR) is 104 cm³/mol. The Kier molecular flexibility index (Phi) is 4.84. The summed E-state index contributed by atoms with van der Waals surface area (Å²) in [6, 6.07) is 10.4. The van der Waals surface area contributed by atoms with Crippen molar-refractivity contribution in [2.75, 3.05) is 5.32 Å². The van der Waals surface area contributed by atoms with Gasteiger partial charge in [0.25, 0.3) is 5.91 Å². The minimum Gasteiger partial charge on any atom is -0.423 e. The van der Waals surface area contributed by atoms with Crippen LogP contribution in [0.15, 0.2) is 63.9 Å². The molecule has 6 nitrogen and oxygen atoms in total. The highest BCUT2D eigenvalue weighted by Crippen LogP contribution is 2.34. The molecule has 0 saturated carbocycles. The van der Waals surface area contributed by atoms with Gasteiger partial charge in [-0.3, -0.25) is 4.79 Å². The number of rotatable bonds is 3. The number of para-hydroxylation sites is 1. The van der Waals surface area contributed by atoms with Crippen LogP contribution in [0.5, 0.6) is 0 Å². The molecule has 2 aromatic carbocycles. The number of hydrogen-bond donors (Lipinski definition) is 1. The van der Waals surface area contributed by atoms with E-state index in [0.29, 0.717) is 15.6 Å². The molecule has 1 N–H and O–H groups in total. The van der Waals surface area contributed by atoms with Gasteiger partial charge in [-0.1, -0.05) is 12.1 Å². The van der Waals surface area contributed by atoms with Crippen LogP contribution in [-0.4, -0.2) is 15.7 Å². The highest BCUT2D eigenvalue weighted by molar-refractivity contribution is 6.05. The summed E-state index contributed by atoms with van der Waals surface area (Å²) >= 11 is 0. The lowest BCUT2D eigenvalue weighted by Gasteiger charge is -2.13. The zero-order chi connectivity index (χ0) is 22.3. The van der Waals surface area contributed by atoms with E-state index in [0.717, 1.165) is 18.3 Å².